The summed E-state index contributed by atoms with van der Waals surface area (Å²) in [4.78, 5) is 2.28. The van der Waals surface area contributed by atoms with Crippen molar-refractivity contribution < 1.29 is 4.74 Å². The van der Waals surface area contributed by atoms with Gasteiger partial charge in [-0.05, 0) is 36.1 Å². The average molecular weight is 369 g/mol. The molecule has 0 amide bonds. The van der Waals surface area contributed by atoms with Crippen LogP contribution in [0.5, 0.6) is 5.75 Å². The van der Waals surface area contributed by atoms with E-state index in [1.807, 2.05) is 36.6 Å². The molecule has 0 unspecified atom stereocenters. The van der Waals surface area contributed by atoms with Gasteiger partial charge < -0.3 is 9.64 Å². The van der Waals surface area contributed by atoms with Crippen LogP contribution in [0.2, 0.25) is 0 Å². The van der Waals surface area contributed by atoms with E-state index in [0.717, 1.165) is 22.9 Å². The highest BCUT2D eigenvalue weighted by Gasteiger charge is 2.47. The number of ether oxygens (including phenoxy) is 1. The van der Waals surface area contributed by atoms with Crippen LogP contribution in [0.15, 0.2) is 60.7 Å². The zero-order chi connectivity index (χ0) is 17.7. The van der Waals surface area contributed by atoms with Crippen LogP contribution in [0.25, 0.3) is 6.08 Å². The summed E-state index contributed by atoms with van der Waals surface area (Å²) in [6.07, 6.45) is 6.27. The summed E-state index contributed by atoms with van der Waals surface area (Å²) >= 11 is 3.30. The van der Waals surface area contributed by atoms with Gasteiger partial charge >= 0.3 is 0 Å². The van der Waals surface area contributed by atoms with Crippen molar-refractivity contribution in [1.29, 1.82) is 5.26 Å². The Morgan fingerprint density at radius 2 is 1.96 bits per heavy atom. The van der Waals surface area contributed by atoms with Gasteiger partial charge in [-0.15, -0.1) is 23.5 Å². The van der Waals surface area contributed by atoms with Gasteiger partial charge in [-0.2, -0.15) is 5.26 Å². The van der Waals surface area contributed by atoms with Gasteiger partial charge in [-0.1, -0.05) is 42.5 Å². The lowest BCUT2D eigenvalue weighted by Gasteiger charge is -2.30. The van der Waals surface area contributed by atoms with Gasteiger partial charge in [-0.3, -0.25) is 0 Å². The number of hydrogen-bond acceptors (Lipinski definition) is 5. The molecule has 0 spiro atoms. The average Bonchev–Trinajstić information content (AvgIpc) is 3.06. The maximum absolute atomic E-state index is 9.86. The largest absolute Gasteiger partial charge is 0.497 e. The Morgan fingerprint density at radius 3 is 2.56 bits per heavy atom. The molecule has 5 heteroatoms. The summed E-state index contributed by atoms with van der Waals surface area (Å²) in [6, 6.07) is 20.8. The fourth-order valence-electron chi connectivity index (χ4n) is 2.87. The van der Waals surface area contributed by atoms with E-state index < -0.39 is 4.08 Å². The zero-order valence-electron chi connectivity index (χ0n) is 14.3. The van der Waals surface area contributed by atoms with E-state index in [1.54, 1.807) is 30.6 Å². The van der Waals surface area contributed by atoms with Crippen molar-refractivity contribution in [2.45, 2.75) is 10.1 Å². The Kier molecular flexibility index (Phi) is 5.62. The molecule has 0 saturated carbocycles. The van der Waals surface area contributed by atoms with Crippen LogP contribution in [-0.4, -0.2) is 29.4 Å². The molecular formula is C20H20N2OS2. The van der Waals surface area contributed by atoms with Crippen LogP contribution >= 0.6 is 23.5 Å². The van der Waals surface area contributed by atoms with Crippen LogP contribution in [0.3, 0.4) is 0 Å². The summed E-state index contributed by atoms with van der Waals surface area (Å²) in [7, 11) is 1.67. The minimum Gasteiger partial charge on any atom is -0.497 e. The lowest BCUT2D eigenvalue weighted by Crippen LogP contribution is -2.39. The smallest absolute Gasteiger partial charge is 0.173 e. The van der Waals surface area contributed by atoms with Gasteiger partial charge in [0.2, 0.25) is 0 Å². The molecule has 1 heterocycles. The van der Waals surface area contributed by atoms with E-state index >= 15 is 0 Å². The molecular weight excluding hydrogens is 348 g/mol. The molecule has 1 aliphatic heterocycles. The minimum absolute atomic E-state index is 0.00824. The summed E-state index contributed by atoms with van der Waals surface area (Å²) in [5.74, 6) is 1.62. The summed E-state index contributed by atoms with van der Waals surface area (Å²) in [6.45, 7) is 0. The summed E-state index contributed by atoms with van der Waals surface area (Å²) in [5, 5.41) is 9.86. The van der Waals surface area contributed by atoms with Gasteiger partial charge in [0.1, 0.15) is 5.75 Å². The highest BCUT2D eigenvalue weighted by Crippen LogP contribution is 2.48. The van der Waals surface area contributed by atoms with E-state index in [1.165, 1.54) is 0 Å². The number of nitriles is 1. The topological polar surface area (TPSA) is 36.3 Å². The number of anilines is 1. The number of benzene rings is 2. The highest BCUT2D eigenvalue weighted by atomic mass is 32.2. The van der Waals surface area contributed by atoms with Gasteiger partial charge in [0, 0.05) is 5.69 Å². The number of hydrogen-bond donors (Lipinski definition) is 0. The Morgan fingerprint density at radius 1 is 1.24 bits per heavy atom. The van der Waals surface area contributed by atoms with Crippen LogP contribution in [-0.2, 0) is 0 Å². The summed E-state index contributed by atoms with van der Waals surface area (Å²) in [5.41, 5.74) is 2.24. The van der Waals surface area contributed by atoms with Gasteiger partial charge in [0.15, 0.2) is 4.08 Å². The molecule has 2 aromatic rings. The number of thioether (sulfide) groups is 2. The first kappa shape index (κ1) is 17.8. The Labute approximate surface area is 157 Å². The molecule has 2 aromatic carbocycles. The zero-order valence-corrected chi connectivity index (χ0v) is 15.9. The first-order valence-electron chi connectivity index (χ1n) is 7.97. The number of methoxy groups -OCH3 is 1. The molecule has 0 aliphatic carbocycles. The second-order valence-corrected chi connectivity index (χ2v) is 8.14. The van der Waals surface area contributed by atoms with Gasteiger partial charge in [0.05, 0.1) is 25.1 Å². The van der Waals surface area contributed by atoms with Crippen LogP contribution < -0.4 is 9.64 Å². The minimum atomic E-state index is -0.509. The Balaban J connectivity index is 1.93. The van der Waals surface area contributed by atoms with E-state index in [2.05, 4.69) is 47.4 Å². The Bertz CT molecular complexity index is 771. The molecule has 3 nitrogen and oxygen atoms in total. The van der Waals surface area contributed by atoms with Crippen molar-refractivity contribution in [1.82, 2.24) is 0 Å². The van der Waals surface area contributed by atoms with Crippen molar-refractivity contribution in [2.75, 3.05) is 24.1 Å². The van der Waals surface area contributed by atoms with Crippen molar-refractivity contribution >= 4 is 35.3 Å². The molecule has 1 fully saturated rings. The van der Waals surface area contributed by atoms with Gasteiger partial charge in [-0.25, -0.2) is 0 Å². The standard InChI is InChI=1S/C20H20N2OS2/c1-23-18-11-9-17(10-12-18)22-15-25-20(14-21,24-2)19(22)13-8-16-6-4-3-5-7-16/h3-13,19H,15H2,1-2H3/b13-8+/t19-,20-/m1/s1. The van der Waals surface area contributed by atoms with Crippen LogP contribution in [0, 0.1) is 11.3 Å². The molecule has 25 heavy (non-hydrogen) atoms. The first-order valence-corrected chi connectivity index (χ1v) is 10.2. The molecule has 0 radical (unpaired) electrons. The molecule has 0 aromatic heterocycles. The fourth-order valence-corrected chi connectivity index (χ4v) is 5.12. The monoisotopic (exact) mass is 368 g/mol. The SMILES string of the molecule is COc1ccc(N2CS[C@@](C#N)(SC)[C@H]2/C=C/c2ccccc2)cc1. The van der Waals surface area contributed by atoms with E-state index in [-0.39, 0.29) is 6.04 Å². The molecule has 1 saturated heterocycles. The number of nitrogens with zero attached hydrogens (tertiary/aromatic N) is 2. The maximum Gasteiger partial charge on any atom is 0.173 e. The molecule has 128 valence electrons. The van der Waals surface area contributed by atoms with E-state index in [9.17, 15) is 5.26 Å². The Hall–Kier alpha value is -2.03. The predicted octanol–water partition coefficient (Wildman–Crippen LogP) is 4.87. The van der Waals surface area contributed by atoms with Crippen molar-refractivity contribution in [3.05, 3.63) is 66.2 Å². The highest BCUT2D eigenvalue weighted by molar-refractivity contribution is 8.18. The van der Waals surface area contributed by atoms with Crippen molar-refractivity contribution in [3.8, 4) is 11.8 Å². The van der Waals surface area contributed by atoms with Gasteiger partial charge in [0.25, 0.3) is 0 Å². The number of rotatable bonds is 5. The third-order valence-corrected chi connectivity index (χ3v) is 7.24. The van der Waals surface area contributed by atoms with E-state index in [4.69, 9.17) is 4.74 Å². The van der Waals surface area contributed by atoms with Crippen LogP contribution in [0.1, 0.15) is 5.56 Å². The molecule has 3 rings (SSSR count). The third kappa shape index (κ3) is 3.65. The van der Waals surface area contributed by atoms with Crippen molar-refractivity contribution in [3.63, 3.8) is 0 Å². The summed E-state index contributed by atoms with van der Waals surface area (Å²) < 4.78 is 4.74. The molecule has 0 N–H and O–H groups in total. The van der Waals surface area contributed by atoms with Crippen molar-refractivity contribution in [2.24, 2.45) is 0 Å². The third-order valence-electron chi connectivity index (χ3n) is 4.28. The first-order chi connectivity index (χ1) is 12.2. The van der Waals surface area contributed by atoms with Crippen LogP contribution in [0.4, 0.5) is 5.69 Å². The van der Waals surface area contributed by atoms with E-state index in [0.29, 0.717) is 0 Å². The lowest BCUT2D eigenvalue weighted by atomic mass is 10.1. The second kappa shape index (κ2) is 7.90. The lowest BCUT2D eigenvalue weighted by molar-refractivity contribution is 0.415. The normalized spacial score (nSPS) is 22.9. The second-order valence-electron chi connectivity index (χ2n) is 5.64. The quantitative estimate of drug-likeness (QED) is 0.752. The molecule has 2 atom stereocenters. The maximum atomic E-state index is 9.86. The fraction of sp³-hybridized carbons (Fsp3) is 0.250. The molecule has 1 aliphatic rings. The molecule has 0 bridgehead atoms. The predicted molar refractivity (Wildman–Crippen MR) is 109 cm³/mol.